The molecule has 3 rings (SSSR count). The minimum absolute atomic E-state index is 0. The highest BCUT2D eigenvalue weighted by molar-refractivity contribution is 6.05. The molecular formula is C20H30ClN3O4. The molecular weight excluding hydrogens is 382 g/mol. The van der Waals surface area contributed by atoms with Gasteiger partial charge in [-0.3, -0.25) is 9.59 Å². The van der Waals surface area contributed by atoms with Crippen LogP contribution in [0.5, 0.6) is 11.5 Å². The van der Waals surface area contributed by atoms with Crippen molar-refractivity contribution in [2.24, 2.45) is 5.92 Å². The van der Waals surface area contributed by atoms with Crippen molar-refractivity contribution < 1.29 is 19.1 Å². The number of rotatable bonds is 5. The van der Waals surface area contributed by atoms with Gasteiger partial charge in [0.15, 0.2) is 11.5 Å². The van der Waals surface area contributed by atoms with Crippen molar-refractivity contribution in [2.75, 3.05) is 45.7 Å². The molecule has 7 nitrogen and oxygen atoms in total. The predicted octanol–water partition coefficient (Wildman–Crippen LogP) is 2.69. The third kappa shape index (κ3) is 5.08. The second-order valence-corrected chi connectivity index (χ2v) is 7.14. The second kappa shape index (κ2) is 10.5. The van der Waals surface area contributed by atoms with Crippen molar-refractivity contribution in [3.63, 3.8) is 0 Å². The number of carbonyl (C=O) groups is 2. The Hall–Kier alpha value is -1.99. The van der Waals surface area contributed by atoms with E-state index in [1.807, 2.05) is 4.90 Å². The number of ether oxygens (including phenoxy) is 2. The Morgan fingerprint density at radius 1 is 1.07 bits per heavy atom. The summed E-state index contributed by atoms with van der Waals surface area (Å²) in [4.78, 5) is 27.7. The number of likely N-dealkylation sites (tertiary alicyclic amines) is 1. The Labute approximate surface area is 172 Å². The van der Waals surface area contributed by atoms with Gasteiger partial charge in [0.1, 0.15) is 0 Å². The molecule has 2 saturated heterocycles. The van der Waals surface area contributed by atoms with E-state index in [0.717, 1.165) is 51.7 Å². The second-order valence-electron chi connectivity index (χ2n) is 7.14. The predicted molar refractivity (Wildman–Crippen MR) is 111 cm³/mol. The number of hydrogen-bond donors (Lipinski definition) is 2. The zero-order chi connectivity index (χ0) is 19.2. The maximum Gasteiger partial charge on any atom is 0.256 e. The number of anilines is 1. The molecule has 1 atom stereocenters. The highest BCUT2D eigenvalue weighted by atomic mass is 35.5. The maximum absolute atomic E-state index is 13.1. The van der Waals surface area contributed by atoms with Gasteiger partial charge in [0.2, 0.25) is 5.91 Å². The third-order valence-corrected chi connectivity index (χ3v) is 5.32. The largest absolute Gasteiger partial charge is 0.493 e. The topological polar surface area (TPSA) is 79.9 Å². The Balaban J connectivity index is 0.00000280. The molecule has 1 unspecified atom stereocenters. The zero-order valence-corrected chi connectivity index (χ0v) is 17.4. The first-order valence-corrected chi connectivity index (χ1v) is 9.71. The molecule has 2 heterocycles. The normalized spacial score (nSPS) is 19.4. The summed E-state index contributed by atoms with van der Waals surface area (Å²) >= 11 is 0. The minimum atomic E-state index is -0.0928. The lowest BCUT2D eigenvalue weighted by atomic mass is 9.98. The van der Waals surface area contributed by atoms with Crippen LogP contribution in [-0.2, 0) is 4.79 Å². The van der Waals surface area contributed by atoms with Crippen LogP contribution in [0.25, 0.3) is 0 Å². The quantitative estimate of drug-likeness (QED) is 0.778. The van der Waals surface area contributed by atoms with Crippen molar-refractivity contribution in [3.05, 3.63) is 17.7 Å². The first kappa shape index (κ1) is 22.3. The average Bonchev–Trinajstić information content (AvgIpc) is 2.74. The van der Waals surface area contributed by atoms with Gasteiger partial charge in [0.05, 0.1) is 31.4 Å². The molecule has 8 heteroatoms. The highest BCUT2D eigenvalue weighted by Crippen LogP contribution is 2.34. The van der Waals surface area contributed by atoms with E-state index in [4.69, 9.17) is 9.47 Å². The fourth-order valence-corrected chi connectivity index (χ4v) is 3.74. The van der Waals surface area contributed by atoms with Gasteiger partial charge in [-0.15, -0.1) is 12.4 Å². The van der Waals surface area contributed by atoms with Gasteiger partial charge in [-0.25, -0.2) is 0 Å². The summed E-state index contributed by atoms with van der Waals surface area (Å²) < 4.78 is 10.7. The fourth-order valence-electron chi connectivity index (χ4n) is 3.74. The number of amides is 2. The van der Waals surface area contributed by atoms with Gasteiger partial charge in [0.25, 0.3) is 5.91 Å². The van der Waals surface area contributed by atoms with Crippen LogP contribution >= 0.6 is 12.4 Å². The molecule has 2 aliphatic heterocycles. The summed E-state index contributed by atoms with van der Waals surface area (Å²) in [6.07, 6.45) is 4.99. The fraction of sp³-hybridized carbons (Fsp3) is 0.600. The van der Waals surface area contributed by atoms with Crippen molar-refractivity contribution >= 4 is 29.9 Å². The van der Waals surface area contributed by atoms with Gasteiger partial charge in [0, 0.05) is 25.7 Å². The van der Waals surface area contributed by atoms with Crippen LogP contribution in [0.3, 0.4) is 0 Å². The summed E-state index contributed by atoms with van der Waals surface area (Å²) in [7, 11) is 3.08. The van der Waals surface area contributed by atoms with Crippen molar-refractivity contribution in [1.29, 1.82) is 0 Å². The number of nitrogens with one attached hydrogen (secondary N) is 2. The molecule has 28 heavy (non-hydrogen) atoms. The molecule has 0 aliphatic carbocycles. The van der Waals surface area contributed by atoms with Crippen molar-refractivity contribution in [1.82, 2.24) is 10.2 Å². The van der Waals surface area contributed by atoms with E-state index in [1.54, 1.807) is 26.4 Å². The molecule has 0 spiro atoms. The standard InChI is InChI=1S/C20H29N3O4.ClH/c1-26-17-11-15(20(25)23-9-4-3-5-10-23)16(12-18(17)27-2)22-19(24)14-7-6-8-21-13-14;/h11-12,14,21H,3-10,13H2,1-2H3,(H,22,24);1H. The molecule has 2 aliphatic rings. The Kier molecular flexibility index (Phi) is 8.38. The Bertz CT molecular complexity index is 686. The zero-order valence-electron chi connectivity index (χ0n) is 16.6. The molecule has 1 aromatic carbocycles. The van der Waals surface area contributed by atoms with Crippen LogP contribution in [0.1, 0.15) is 42.5 Å². The summed E-state index contributed by atoms with van der Waals surface area (Å²) in [6.45, 7) is 3.09. The summed E-state index contributed by atoms with van der Waals surface area (Å²) in [5.74, 6) is 0.736. The molecule has 0 aromatic heterocycles. The monoisotopic (exact) mass is 411 g/mol. The number of piperidine rings is 2. The number of methoxy groups -OCH3 is 2. The third-order valence-electron chi connectivity index (χ3n) is 5.32. The number of benzene rings is 1. The summed E-state index contributed by atoms with van der Waals surface area (Å²) in [5.41, 5.74) is 0.936. The van der Waals surface area contributed by atoms with E-state index in [9.17, 15) is 9.59 Å². The highest BCUT2D eigenvalue weighted by Gasteiger charge is 2.26. The van der Waals surface area contributed by atoms with Crippen LogP contribution in [0.15, 0.2) is 12.1 Å². The average molecular weight is 412 g/mol. The van der Waals surface area contributed by atoms with Crippen LogP contribution in [0.2, 0.25) is 0 Å². The minimum Gasteiger partial charge on any atom is -0.493 e. The molecule has 0 radical (unpaired) electrons. The molecule has 156 valence electrons. The molecule has 0 saturated carbocycles. The lowest BCUT2D eigenvalue weighted by Crippen LogP contribution is -2.38. The van der Waals surface area contributed by atoms with Gasteiger partial charge in [-0.2, -0.15) is 0 Å². The number of hydrogen-bond acceptors (Lipinski definition) is 5. The van der Waals surface area contributed by atoms with E-state index in [2.05, 4.69) is 10.6 Å². The van der Waals surface area contributed by atoms with E-state index >= 15 is 0 Å². The first-order chi connectivity index (χ1) is 13.1. The SMILES string of the molecule is COc1cc(NC(=O)C2CCCNC2)c(C(=O)N2CCCCC2)cc1OC.Cl. The van der Waals surface area contributed by atoms with E-state index in [-0.39, 0.29) is 30.1 Å². The molecule has 2 fully saturated rings. The Morgan fingerprint density at radius 3 is 2.36 bits per heavy atom. The van der Waals surface area contributed by atoms with Gasteiger partial charge < -0.3 is 25.0 Å². The summed E-state index contributed by atoms with van der Waals surface area (Å²) in [6, 6.07) is 3.36. The number of nitrogens with zero attached hydrogens (tertiary/aromatic N) is 1. The van der Waals surface area contributed by atoms with E-state index < -0.39 is 0 Å². The van der Waals surface area contributed by atoms with Crippen molar-refractivity contribution in [3.8, 4) is 11.5 Å². The van der Waals surface area contributed by atoms with Crippen LogP contribution in [-0.4, -0.2) is 57.1 Å². The van der Waals surface area contributed by atoms with E-state index in [0.29, 0.717) is 29.3 Å². The van der Waals surface area contributed by atoms with Gasteiger partial charge in [-0.1, -0.05) is 0 Å². The smallest absolute Gasteiger partial charge is 0.256 e. The lowest BCUT2D eigenvalue weighted by Gasteiger charge is -2.28. The lowest BCUT2D eigenvalue weighted by molar-refractivity contribution is -0.120. The molecule has 2 amide bonds. The summed E-state index contributed by atoms with van der Waals surface area (Å²) in [5, 5.41) is 6.21. The number of halogens is 1. The van der Waals surface area contributed by atoms with Crippen LogP contribution < -0.4 is 20.1 Å². The first-order valence-electron chi connectivity index (χ1n) is 9.71. The van der Waals surface area contributed by atoms with Crippen LogP contribution in [0, 0.1) is 5.92 Å². The number of carbonyl (C=O) groups excluding carboxylic acids is 2. The molecule has 2 N–H and O–H groups in total. The van der Waals surface area contributed by atoms with Crippen LogP contribution in [0.4, 0.5) is 5.69 Å². The van der Waals surface area contributed by atoms with E-state index in [1.165, 1.54) is 0 Å². The maximum atomic E-state index is 13.1. The van der Waals surface area contributed by atoms with Crippen molar-refractivity contribution in [2.45, 2.75) is 32.1 Å². The van der Waals surface area contributed by atoms with Gasteiger partial charge in [-0.05, 0) is 44.7 Å². The molecule has 1 aromatic rings. The van der Waals surface area contributed by atoms with Gasteiger partial charge >= 0.3 is 0 Å². The Morgan fingerprint density at radius 2 is 1.75 bits per heavy atom. The molecule has 0 bridgehead atoms.